The van der Waals surface area contributed by atoms with E-state index in [-0.39, 0.29) is 74.0 Å². The highest BCUT2D eigenvalue weighted by Gasteiger charge is 2.45. The molecule has 20 nitrogen and oxygen atoms in total. The number of nitrogens with one attached hydrogen (secondary N) is 2. The third-order valence-electron chi connectivity index (χ3n) is 9.05. The molecule has 2 aliphatic rings. The van der Waals surface area contributed by atoms with Gasteiger partial charge in [0.25, 0.3) is 11.8 Å². The van der Waals surface area contributed by atoms with Crippen LogP contribution in [-0.4, -0.2) is 170 Å². The fraction of sp³-hybridized carbons (Fsp3) is 0.683. The minimum Gasteiger partial charge on any atom is -0.481 e. The van der Waals surface area contributed by atoms with E-state index < -0.39 is 35.6 Å². The summed E-state index contributed by atoms with van der Waals surface area (Å²) < 4.78 is 48.7. The van der Waals surface area contributed by atoms with Gasteiger partial charge in [0, 0.05) is 32.3 Å². The number of aliphatic carboxylic acids is 1. The minimum absolute atomic E-state index is 0.0220. The molecule has 1 fully saturated rings. The number of amides is 5. The van der Waals surface area contributed by atoms with Crippen LogP contribution in [0.3, 0.4) is 0 Å². The van der Waals surface area contributed by atoms with E-state index >= 15 is 0 Å². The number of carbonyl (C=O) groups excluding carboxylic acids is 6. The SMILES string of the molecule is O=C(O)CCCCC(=O)OCCOCCOCCOCCOCCOCCOCCOCCOCCCCCC(=O)Nc1cccc2c1C(=O)N(C1CCC(=O)NC1=O)C2=O. The molecule has 61 heavy (non-hydrogen) atoms. The predicted octanol–water partition coefficient (Wildman–Crippen LogP) is 1.91. The van der Waals surface area contributed by atoms with Crippen molar-refractivity contribution in [3.8, 4) is 0 Å². The zero-order valence-electron chi connectivity index (χ0n) is 34.8. The summed E-state index contributed by atoms with van der Waals surface area (Å²) in [6, 6.07) is 3.50. The molecule has 20 heteroatoms. The van der Waals surface area contributed by atoms with Crippen molar-refractivity contribution in [1.82, 2.24) is 10.2 Å². The van der Waals surface area contributed by atoms with Crippen molar-refractivity contribution >= 4 is 47.2 Å². The van der Waals surface area contributed by atoms with Gasteiger partial charge in [0.15, 0.2) is 0 Å². The summed E-state index contributed by atoms with van der Waals surface area (Å²) in [6.45, 7) is 6.88. The van der Waals surface area contributed by atoms with Crippen LogP contribution in [-0.2, 0) is 66.6 Å². The summed E-state index contributed by atoms with van der Waals surface area (Å²) in [7, 11) is 0. The molecule has 5 amide bonds. The number of nitrogens with zero attached hydrogens (tertiary/aromatic N) is 1. The smallest absolute Gasteiger partial charge is 0.305 e. The molecule has 1 aromatic carbocycles. The van der Waals surface area contributed by atoms with Gasteiger partial charge in [-0.15, -0.1) is 0 Å². The molecule has 1 saturated heterocycles. The molecule has 342 valence electrons. The Kier molecular flexibility index (Phi) is 26.3. The van der Waals surface area contributed by atoms with Gasteiger partial charge in [-0.1, -0.05) is 12.5 Å². The number of fused-ring (bicyclic) bond motifs is 1. The van der Waals surface area contributed by atoms with E-state index in [1.165, 1.54) is 6.07 Å². The molecule has 2 heterocycles. The van der Waals surface area contributed by atoms with Crippen molar-refractivity contribution in [2.75, 3.05) is 118 Å². The van der Waals surface area contributed by atoms with Crippen LogP contribution in [0.25, 0.3) is 0 Å². The lowest BCUT2D eigenvalue weighted by Gasteiger charge is -2.27. The fourth-order valence-corrected chi connectivity index (χ4v) is 5.97. The Morgan fingerprint density at radius 2 is 1.10 bits per heavy atom. The van der Waals surface area contributed by atoms with Crippen molar-refractivity contribution in [3.05, 3.63) is 29.3 Å². The van der Waals surface area contributed by atoms with E-state index in [2.05, 4.69) is 10.6 Å². The number of imide groups is 2. The van der Waals surface area contributed by atoms with Crippen molar-refractivity contribution in [3.63, 3.8) is 0 Å². The summed E-state index contributed by atoms with van der Waals surface area (Å²) >= 11 is 0. The molecule has 2 aliphatic heterocycles. The first-order valence-corrected chi connectivity index (χ1v) is 20.8. The summed E-state index contributed by atoms with van der Waals surface area (Å²) in [5, 5.41) is 13.5. The lowest BCUT2D eigenvalue weighted by Crippen LogP contribution is -2.54. The van der Waals surface area contributed by atoms with Crippen LogP contribution in [0.5, 0.6) is 0 Å². The van der Waals surface area contributed by atoms with Gasteiger partial charge in [0.2, 0.25) is 17.7 Å². The van der Waals surface area contributed by atoms with Gasteiger partial charge >= 0.3 is 11.9 Å². The number of hydrogen-bond acceptors (Lipinski definition) is 16. The first kappa shape index (κ1) is 50.9. The maximum absolute atomic E-state index is 13.2. The van der Waals surface area contributed by atoms with Gasteiger partial charge in [-0.2, -0.15) is 0 Å². The van der Waals surface area contributed by atoms with E-state index in [9.17, 15) is 33.6 Å². The van der Waals surface area contributed by atoms with Crippen LogP contribution in [0, 0.1) is 0 Å². The van der Waals surface area contributed by atoms with Crippen molar-refractivity contribution in [2.45, 2.75) is 70.3 Å². The molecule has 1 atom stereocenters. The van der Waals surface area contributed by atoms with E-state index in [1.807, 2.05) is 0 Å². The number of carboxylic acids is 1. The molecule has 1 unspecified atom stereocenters. The highest BCUT2D eigenvalue weighted by molar-refractivity contribution is 6.26. The Morgan fingerprint density at radius 3 is 1.62 bits per heavy atom. The number of hydrogen-bond donors (Lipinski definition) is 3. The maximum Gasteiger partial charge on any atom is 0.305 e. The lowest BCUT2D eigenvalue weighted by atomic mass is 10.0. The second-order valence-electron chi connectivity index (χ2n) is 13.8. The van der Waals surface area contributed by atoms with Crippen molar-refractivity contribution < 1.29 is 81.3 Å². The summed E-state index contributed by atoms with van der Waals surface area (Å²) in [6.07, 6.45) is 3.57. The van der Waals surface area contributed by atoms with E-state index in [0.717, 1.165) is 17.7 Å². The molecule has 1 aromatic rings. The Hall–Kier alpha value is -4.41. The molecule has 0 spiro atoms. The quantitative estimate of drug-likeness (QED) is 0.0491. The molecule has 0 aromatic heterocycles. The van der Waals surface area contributed by atoms with Crippen LogP contribution in [0.1, 0.15) is 84.9 Å². The topological polar surface area (TPSA) is 250 Å². The molecule has 3 rings (SSSR count). The molecule has 0 aliphatic carbocycles. The van der Waals surface area contributed by atoms with Gasteiger partial charge in [-0.05, 0) is 44.2 Å². The van der Waals surface area contributed by atoms with Gasteiger partial charge < -0.3 is 53.1 Å². The van der Waals surface area contributed by atoms with Crippen LogP contribution in [0.4, 0.5) is 5.69 Å². The standard InChI is InChI=1S/C41H61N3O17/c45-34(42-32-8-6-7-31-38(32)41(52)44(40(31)51)33-12-13-35(46)43-39(33)50)9-2-1-5-14-53-15-16-54-17-18-55-19-20-56-21-22-57-23-24-58-25-26-59-27-28-60-29-30-61-37(49)11-4-3-10-36(47)48/h6-8,33H,1-5,9-30H2,(H,42,45)(H,47,48)(H,43,46,50). The van der Waals surface area contributed by atoms with E-state index in [1.54, 1.807) is 12.1 Å². The Labute approximate surface area is 355 Å². The second-order valence-corrected chi connectivity index (χ2v) is 13.8. The highest BCUT2D eigenvalue weighted by atomic mass is 16.6. The first-order chi connectivity index (χ1) is 29.7. The van der Waals surface area contributed by atoms with Crippen LogP contribution >= 0.6 is 0 Å². The number of carbonyl (C=O) groups is 7. The average Bonchev–Trinajstić information content (AvgIpc) is 3.49. The number of esters is 1. The van der Waals surface area contributed by atoms with Gasteiger partial charge in [-0.3, -0.25) is 43.8 Å². The number of ether oxygens (including phenoxy) is 9. The number of unbranched alkanes of at least 4 members (excludes halogenated alkanes) is 3. The number of carboxylic acid groups (broad SMARTS) is 1. The molecule has 0 saturated carbocycles. The van der Waals surface area contributed by atoms with Crippen LogP contribution in [0.15, 0.2) is 18.2 Å². The number of piperidine rings is 1. The minimum atomic E-state index is -1.08. The normalized spacial score (nSPS) is 15.0. The lowest BCUT2D eigenvalue weighted by molar-refractivity contribution is -0.146. The number of benzene rings is 1. The second kappa shape index (κ2) is 31.4. The summed E-state index contributed by atoms with van der Waals surface area (Å²) in [5.41, 5.74) is 0.359. The Bertz CT molecular complexity index is 1530. The monoisotopic (exact) mass is 867 g/mol. The molecular formula is C41H61N3O17. The first-order valence-electron chi connectivity index (χ1n) is 20.8. The van der Waals surface area contributed by atoms with Crippen LogP contribution in [0.2, 0.25) is 0 Å². The van der Waals surface area contributed by atoms with Gasteiger partial charge in [0.1, 0.15) is 12.6 Å². The van der Waals surface area contributed by atoms with Crippen molar-refractivity contribution in [2.24, 2.45) is 0 Å². The number of rotatable bonds is 37. The molecule has 0 radical (unpaired) electrons. The van der Waals surface area contributed by atoms with Gasteiger partial charge in [-0.25, -0.2) is 0 Å². The van der Waals surface area contributed by atoms with Crippen molar-refractivity contribution in [1.29, 1.82) is 0 Å². The average molecular weight is 868 g/mol. The maximum atomic E-state index is 13.2. The zero-order valence-corrected chi connectivity index (χ0v) is 34.8. The van der Waals surface area contributed by atoms with E-state index in [4.69, 9.17) is 47.7 Å². The summed E-state index contributed by atoms with van der Waals surface area (Å²) in [5.74, 6) is -3.99. The third kappa shape index (κ3) is 21.3. The predicted molar refractivity (Wildman–Crippen MR) is 214 cm³/mol. The largest absolute Gasteiger partial charge is 0.481 e. The summed E-state index contributed by atoms with van der Waals surface area (Å²) in [4.78, 5) is 85.5. The molecule has 3 N–H and O–H groups in total. The highest BCUT2D eigenvalue weighted by Crippen LogP contribution is 2.32. The van der Waals surface area contributed by atoms with Crippen LogP contribution < -0.4 is 10.6 Å². The zero-order chi connectivity index (χ0) is 43.9. The van der Waals surface area contributed by atoms with E-state index in [0.29, 0.717) is 118 Å². The Morgan fingerprint density at radius 1 is 0.607 bits per heavy atom. The molecular weight excluding hydrogens is 806 g/mol. The third-order valence-corrected chi connectivity index (χ3v) is 9.05. The Balaban J connectivity index is 1.01. The fourth-order valence-electron chi connectivity index (χ4n) is 5.97. The number of anilines is 1. The molecule has 0 bridgehead atoms. The van der Waals surface area contributed by atoms with Gasteiger partial charge in [0.05, 0.1) is 116 Å².